The second-order valence-electron chi connectivity index (χ2n) is 9.96. The molecule has 0 spiro atoms. The summed E-state index contributed by atoms with van der Waals surface area (Å²) >= 11 is 0. The Kier molecular flexibility index (Phi) is 6.27. The highest BCUT2D eigenvalue weighted by molar-refractivity contribution is 5.75. The van der Waals surface area contributed by atoms with Crippen LogP contribution in [0.1, 0.15) is 30.4 Å². The van der Waals surface area contributed by atoms with E-state index in [-0.39, 0.29) is 6.04 Å². The lowest BCUT2D eigenvalue weighted by Crippen LogP contribution is -2.55. The van der Waals surface area contributed by atoms with E-state index >= 15 is 0 Å². The van der Waals surface area contributed by atoms with Crippen LogP contribution in [0.4, 0.5) is 23.0 Å². The number of benzene rings is 2. The van der Waals surface area contributed by atoms with Crippen LogP contribution in [0.2, 0.25) is 0 Å². The number of hydrogen-bond donors (Lipinski definition) is 2. The molecule has 0 saturated carbocycles. The molecule has 182 valence electrons. The average Bonchev–Trinajstić information content (AvgIpc) is 3.44. The summed E-state index contributed by atoms with van der Waals surface area (Å²) in [4.78, 5) is 16.1. The summed E-state index contributed by atoms with van der Waals surface area (Å²) in [6, 6.07) is 19.3. The first-order chi connectivity index (χ1) is 17.2. The molecule has 2 fully saturated rings. The minimum atomic E-state index is -0.406. The van der Waals surface area contributed by atoms with Crippen molar-refractivity contribution in [2.45, 2.75) is 44.4 Å². The van der Waals surface area contributed by atoms with Gasteiger partial charge in [0, 0.05) is 51.4 Å². The fourth-order valence-corrected chi connectivity index (χ4v) is 5.89. The molecular weight excluding hydrogens is 436 g/mol. The van der Waals surface area contributed by atoms with Gasteiger partial charge >= 0.3 is 0 Å². The Bertz CT molecular complexity index is 1160. The molecule has 0 bridgehead atoms. The number of β-amino-alcohol motifs (C(OH)–C–C–N with tert-alkyl or cyclic N) is 1. The zero-order valence-electron chi connectivity index (χ0n) is 20.2. The maximum Gasteiger partial charge on any atom is 0.135 e. The summed E-state index contributed by atoms with van der Waals surface area (Å²) in [6.07, 6.45) is 5.69. The molecule has 2 saturated heterocycles. The van der Waals surface area contributed by atoms with Gasteiger partial charge in [-0.05, 0) is 48.9 Å². The SMILES string of the molecule is O[C@@H]1CN(c2cc(Nc3ccccc3N3CCCC3)ncn2)CCC1N1CCc2ccccc2C1. The summed E-state index contributed by atoms with van der Waals surface area (Å²) < 4.78 is 0. The summed E-state index contributed by atoms with van der Waals surface area (Å²) in [5.41, 5.74) is 5.14. The predicted molar refractivity (Wildman–Crippen MR) is 140 cm³/mol. The van der Waals surface area contributed by atoms with Crippen molar-refractivity contribution in [2.24, 2.45) is 0 Å². The first-order valence-corrected chi connectivity index (χ1v) is 12.9. The lowest BCUT2D eigenvalue weighted by molar-refractivity contribution is 0.0293. The minimum Gasteiger partial charge on any atom is -0.390 e. The largest absolute Gasteiger partial charge is 0.390 e. The van der Waals surface area contributed by atoms with E-state index in [2.05, 4.69) is 78.5 Å². The van der Waals surface area contributed by atoms with Crippen LogP contribution in [0.5, 0.6) is 0 Å². The van der Waals surface area contributed by atoms with E-state index < -0.39 is 6.10 Å². The first kappa shape index (κ1) is 22.3. The molecule has 1 unspecified atom stereocenters. The van der Waals surface area contributed by atoms with E-state index in [1.165, 1.54) is 29.7 Å². The van der Waals surface area contributed by atoms with E-state index in [4.69, 9.17) is 0 Å². The lowest BCUT2D eigenvalue weighted by Gasteiger charge is -2.43. The second kappa shape index (κ2) is 9.84. The normalized spacial score (nSPS) is 22.8. The van der Waals surface area contributed by atoms with Gasteiger partial charge in [0.1, 0.15) is 18.0 Å². The second-order valence-corrected chi connectivity index (χ2v) is 9.96. The van der Waals surface area contributed by atoms with Crippen LogP contribution in [0.25, 0.3) is 0 Å². The number of anilines is 4. The highest BCUT2D eigenvalue weighted by Gasteiger charge is 2.34. The number of fused-ring (bicyclic) bond motifs is 1. The number of hydrogen-bond acceptors (Lipinski definition) is 7. The maximum absolute atomic E-state index is 11.1. The standard InChI is InChI=1S/C28H34N6O/c35-26-19-34(16-12-25(26)33-15-11-21-7-1-2-8-22(21)18-33)28-17-27(29-20-30-28)31-23-9-3-4-10-24(23)32-13-5-6-14-32/h1-4,7-10,17,20,25-26,35H,5-6,11-16,18-19H2,(H,29,30,31)/t25?,26-/m1/s1. The van der Waals surface area contributed by atoms with E-state index in [0.717, 1.165) is 62.9 Å². The summed E-state index contributed by atoms with van der Waals surface area (Å²) in [7, 11) is 0. The third-order valence-corrected chi connectivity index (χ3v) is 7.77. The van der Waals surface area contributed by atoms with Gasteiger partial charge in [-0.3, -0.25) is 4.90 Å². The zero-order valence-corrected chi connectivity index (χ0v) is 20.2. The molecule has 7 nitrogen and oxygen atoms in total. The molecule has 4 heterocycles. The monoisotopic (exact) mass is 470 g/mol. The van der Waals surface area contributed by atoms with Gasteiger partial charge in [0.05, 0.1) is 17.5 Å². The number of nitrogens with one attached hydrogen (secondary N) is 1. The third-order valence-electron chi connectivity index (χ3n) is 7.77. The van der Waals surface area contributed by atoms with Crippen LogP contribution < -0.4 is 15.1 Å². The van der Waals surface area contributed by atoms with Crippen LogP contribution in [0.15, 0.2) is 60.9 Å². The molecule has 7 heteroatoms. The van der Waals surface area contributed by atoms with Crippen LogP contribution in [-0.4, -0.2) is 64.8 Å². The number of rotatable bonds is 5. The van der Waals surface area contributed by atoms with Gasteiger partial charge in [-0.1, -0.05) is 36.4 Å². The van der Waals surface area contributed by atoms with Crippen molar-refractivity contribution >= 4 is 23.0 Å². The highest BCUT2D eigenvalue weighted by atomic mass is 16.3. The molecule has 3 aliphatic heterocycles. The van der Waals surface area contributed by atoms with Crippen molar-refractivity contribution in [3.05, 3.63) is 72.1 Å². The van der Waals surface area contributed by atoms with Crippen LogP contribution in [-0.2, 0) is 13.0 Å². The zero-order chi connectivity index (χ0) is 23.6. The van der Waals surface area contributed by atoms with Gasteiger partial charge in [0.25, 0.3) is 0 Å². The number of aromatic nitrogens is 2. The topological polar surface area (TPSA) is 67.8 Å². The average molecular weight is 471 g/mol. The van der Waals surface area contributed by atoms with Crippen molar-refractivity contribution in [3.63, 3.8) is 0 Å². The van der Waals surface area contributed by atoms with Crippen molar-refractivity contribution in [1.82, 2.24) is 14.9 Å². The summed E-state index contributed by atoms with van der Waals surface area (Å²) in [5.74, 6) is 1.65. The van der Waals surface area contributed by atoms with Gasteiger partial charge in [-0.2, -0.15) is 0 Å². The quantitative estimate of drug-likeness (QED) is 0.588. The van der Waals surface area contributed by atoms with Crippen LogP contribution in [0.3, 0.4) is 0 Å². The molecule has 0 radical (unpaired) electrons. The molecule has 2 N–H and O–H groups in total. The number of nitrogens with zero attached hydrogens (tertiary/aromatic N) is 5. The molecule has 2 aromatic carbocycles. The fourth-order valence-electron chi connectivity index (χ4n) is 5.89. The van der Waals surface area contributed by atoms with Crippen molar-refractivity contribution in [1.29, 1.82) is 0 Å². The van der Waals surface area contributed by atoms with E-state index in [9.17, 15) is 5.11 Å². The Balaban J connectivity index is 1.13. The van der Waals surface area contributed by atoms with E-state index in [1.54, 1.807) is 6.33 Å². The Morgan fingerprint density at radius 3 is 2.51 bits per heavy atom. The molecule has 0 amide bonds. The number of piperidine rings is 1. The van der Waals surface area contributed by atoms with E-state index in [1.807, 2.05) is 6.07 Å². The summed E-state index contributed by atoms with van der Waals surface area (Å²) in [6.45, 7) is 5.60. The number of aliphatic hydroxyl groups excluding tert-OH is 1. The van der Waals surface area contributed by atoms with Crippen molar-refractivity contribution in [2.75, 3.05) is 47.8 Å². The third kappa shape index (κ3) is 4.70. The molecule has 1 aromatic heterocycles. The van der Waals surface area contributed by atoms with Gasteiger partial charge in [-0.25, -0.2) is 9.97 Å². The van der Waals surface area contributed by atoms with Crippen LogP contribution in [0, 0.1) is 0 Å². The van der Waals surface area contributed by atoms with Gasteiger partial charge in [0.15, 0.2) is 0 Å². The van der Waals surface area contributed by atoms with Gasteiger partial charge < -0.3 is 20.2 Å². The smallest absolute Gasteiger partial charge is 0.135 e. The molecular formula is C28H34N6O. The number of aliphatic hydroxyl groups is 1. The summed E-state index contributed by atoms with van der Waals surface area (Å²) in [5, 5.41) is 14.6. The van der Waals surface area contributed by atoms with Gasteiger partial charge in [-0.15, -0.1) is 0 Å². The lowest BCUT2D eigenvalue weighted by atomic mass is 9.94. The Labute approximate surface area is 207 Å². The number of para-hydroxylation sites is 2. The minimum absolute atomic E-state index is 0.186. The maximum atomic E-state index is 11.1. The molecule has 3 aliphatic rings. The molecule has 6 rings (SSSR count). The molecule has 0 aliphatic carbocycles. The van der Waals surface area contributed by atoms with Gasteiger partial charge in [0.2, 0.25) is 0 Å². The first-order valence-electron chi connectivity index (χ1n) is 12.9. The highest BCUT2D eigenvalue weighted by Crippen LogP contribution is 2.32. The Morgan fingerprint density at radius 1 is 0.857 bits per heavy atom. The van der Waals surface area contributed by atoms with Crippen molar-refractivity contribution < 1.29 is 5.11 Å². The molecule has 2 atom stereocenters. The van der Waals surface area contributed by atoms with Crippen LogP contribution >= 0.6 is 0 Å². The van der Waals surface area contributed by atoms with Crippen molar-refractivity contribution in [3.8, 4) is 0 Å². The Morgan fingerprint density at radius 2 is 1.66 bits per heavy atom. The molecule has 3 aromatic rings. The van der Waals surface area contributed by atoms with E-state index in [0.29, 0.717) is 6.54 Å². The Hall–Kier alpha value is -3.16. The fraction of sp³-hybridized carbons (Fsp3) is 0.429. The molecule has 35 heavy (non-hydrogen) atoms. The predicted octanol–water partition coefficient (Wildman–Crippen LogP) is 3.82.